The number of anilines is 1. The number of likely N-dealkylation sites (tertiary alicyclic amines) is 1. The van der Waals surface area contributed by atoms with Crippen molar-refractivity contribution >= 4 is 23.3 Å². The molecule has 0 spiro atoms. The Kier molecular flexibility index (Phi) is 4.89. The number of rotatable bonds is 3. The van der Waals surface area contributed by atoms with E-state index >= 15 is 0 Å². The summed E-state index contributed by atoms with van der Waals surface area (Å²) in [5.41, 5.74) is -0.383. The summed E-state index contributed by atoms with van der Waals surface area (Å²) >= 11 is 6.27. The van der Waals surface area contributed by atoms with E-state index < -0.39 is 29.7 Å². The highest BCUT2D eigenvalue weighted by Gasteiger charge is 2.66. The minimum absolute atomic E-state index is 0.0230. The maximum absolute atomic E-state index is 13.5. The summed E-state index contributed by atoms with van der Waals surface area (Å²) in [5.74, 6) is -0.924. The topological polar surface area (TPSA) is 102 Å². The van der Waals surface area contributed by atoms with E-state index in [0.29, 0.717) is 28.5 Å². The van der Waals surface area contributed by atoms with Gasteiger partial charge in [-0.1, -0.05) is 11.6 Å². The summed E-state index contributed by atoms with van der Waals surface area (Å²) < 4.78 is 47.6. The van der Waals surface area contributed by atoms with Gasteiger partial charge in [0.05, 0.1) is 10.9 Å². The highest BCUT2D eigenvalue weighted by molar-refractivity contribution is 6.33. The number of nitrogens with zero attached hydrogens (tertiary/aromatic N) is 6. The van der Waals surface area contributed by atoms with Gasteiger partial charge in [-0.3, -0.25) is 4.68 Å². The van der Waals surface area contributed by atoms with E-state index in [0.717, 1.165) is 0 Å². The Morgan fingerprint density at radius 2 is 2.09 bits per heavy atom. The number of benzene rings is 1. The van der Waals surface area contributed by atoms with Gasteiger partial charge in [-0.2, -0.15) is 18.3 Å². The third-order valence-corrected chi connectivity index (χ3v) is 6.53. The predicted octanol–water partition coefficient (Wildman–Crippen LogP) is 4.30. The number of piperidine rings is 1. The van der Waals surface area contributed by atoms with Crippen molar-refractivity contribution in [2.45, 2.75) is 43.9 Å². The van der Waals surface area contributed by atoms with Crippen LogP contribution in [0.15, 0.2) is 28.9 Å². The first-order valence-corrected chi connectivity index (χ1v) is 10.6. The molecule has 2 amide bonds. The Hall–Kier alpha value is -3.15. The molecule has 3 unspecified atom stereocenters. The molecular formula is C20H19ClF3N7O2. The van der Waals surface area contributed by atoms with E-state index in [1.807, 2.05) is 0 Å². The van der Waals surface area contributed by atoms with E-state index in [4.69, 9.17) is 16.0 Å². The summed E-state index contributed by atoms with van der Waals surface area (Å²) in [4.78, 5) is 18.8. The second-order valence-electron chi connectivity index (χ2n) is 8.43. The zero-order valence-electron chi connectivity index (χ0n) is 17.6. The lowest BCUT2D eigenvalue weighted by Crippen LogP contribution is -2.71. The highest BCUT2D eigenvalue weighted by atomic mass is 35.5. The fraction of sp³-hybridized carbons (Fsp3) is 0.450. The first-order valence-electron chi connectivity index (χ1n) is 10.2. The van der Waals surface area contributed by atoms with Crippen LogP contribution in [-0.4, -0.2) is 48.1 Å². The van der Waals surface area contributed by atoms with Crippen LogP contribution in [-0.2, 0) is 12.6 Å². The van der Waals surface area contributed by atoms with Crippen molar-refractivity contribution in [2.24, 2.45) is 13.0 Å². The standard InChI is InChI=1S/C20H19ClF3N7O2/c1-10-27-28-17(33-10)19-7-11(20(22,23)24)5-13(8-19)31(19)18(32)26-12-3-4-15(21)14(6-12)16-25-9-30(2)29-16/h3-4,6,9,11,13H,5,7-8H2,1-2H3,(H,26,32). The quantitative estimate of drug-likeness (QED) is 0.598. The van der Waals surface area contributed by atoms with Crippen LogP contribution < -0.4 is 5.32 Å². The van der Waals surface area contributed by atoms with Crippen molar-refractivity contribution in [3.63, 3.8) is 0 Å². The van der Waals surface area contributed by atoms with E-state index in [9.17, 15) is 18.0 Å². The molecule has 2 aromatic heterocycles. The minimum Gasteiger partial charge on any atom is -0.423 e. The number of carbonyl (C=O) groups excluding carboxylic acids is 1. The van der Waals surface area contributed by atoms with Gasteiger partial charge < -0.3 is 14.6 Å². The number of aromatic nitrogens is 5. The molecule has 2 fully saturated rings. The molecular weight excluding hydrogens is 463 g/mol. The number of alkyl halides is 3. The van der Waals surface area contributed by atoms with Crippen molar-refractivity contribution in [3.05, 3.63) is 41.3 Å². The normalized spacial score (nSPS) is 24.5. The molecule has 3 atom stereocenters. The van der Waals surface area contributed by atoms with Crippen LogP contribution >= 0.6 is 11.6 Å². The molecule has 1 aromatic carbocycles. The fourth-order valence-corrected chi connectivity index (χ4v) is 5.00. The molecule has 0 radical (unpaired) electrons. The number of hydrogen-bond acceptors (Lipinski definition) is 6. The largest absolute Gasteiger partial charge is 0.423 e. The van der Waals surface area contributed by atoms with Gasteiger partial charge in [-0.25, -0.2) is 9.78 Å². The van der Waals surface area contributed by atoms with Gasteiger partial charge in [-0.05, 0) is 31.0 Å². The molecule has 1 saturated heterocycles. The number of urea groups is 1. The molecule has 2 bridgehead atoms. The summed E-state index contributed by atoms with van der Waals surface area (Å²) in [6, 6.07) is 3.67. The summed E-state index contributed by atoms with van der Waals surface area (Å²) in [6.07, 6.45) is -3.02. The molecule has 5 rings (SSSR count). The third kappa shape index (κ3) is 3.62. The first-order chi connectivity index (χ1) is 15.6. The second kappa shape index (κ2) is 7.44. The van der Waals surface area contributed by atoms with Crippen LogP contribution in [0.1, 0.15) is 31.0 Å². The van der Waals surface area contributed by atoms with Crippen molar-refractivity contribution in [1.29, 1.82) is 0 Å². The first kappa shape index (κ1) is 21.7. The number of fused-ring (bicyclic) bond motifs is 2. The Morgan fingerprint density at radius 1 is 1.30 bits per heavy atom. The van der Waals surface area contributed by atoms with Crippen LogP contribution in [0.5, 0.6) is 0 Å². The van der Waals surface area contributed by atoms with Crippen LogP contribution in [0.3, 0.4) is 0 Å². The molecule has 1 aliphatic heterocycles. The van der Waals surface area contributed by atoms with Crippen LogP contribution in [0.25, 0.3) is 11.4 Å². The molecule has 1 saturated carbocycles. The Balaban J connectivity index is 1.44. The summed E-state index contributed by atoms with van der Waals surface area (Å²) in [7, 11) is 1.71. The van der Waals surface area contributed by atoms with Gasteiger partial charge in [0.25, 0.3) is 0 Å². The van der Waals surface area contributed by atoms with E-state index in [1.165, 1.54) is 15.9 Å². The van der Waals surface area contributed by atoms with Gasteiger partial charge in [0.1, 0.15) is 11.9 Å². The van der Waals surface area contributed by atoms with E-state index in [2.05, 4.69) is 25.6 Å². The molecule has 1 N–H and O–H groups in total. The van der Waals surface area contributed by atoms with Gasteiger partial charge in [-0.15, -0.1) is 10.2 Å². The third-order valence-electron chi connectivity index (χ3n) is 6.20. The molecule has 3 aromatic rings. The molecule has 174 valence electrons. The zero-order chi connectivity index (χ0) is 23.5. The van der Waals surface area contributed by atoms with Crippen molar-refractivity contribution in [3.8, 4) is 11.4 Å². The number of carbonyl (C=O) groups is 1. The predicted molar refractivity (Wildman–Crippen MR) is 110 cm³/mol. The van der Waals surface area contributed by atoms with E-state index in [1.54, 1.807) is 32.2 Å². The van der Waals surface area contributed by atoms with Crippen molar-refractivity contribution < 1.29 is 22.4 Å². The minimum atomic E-state index is -4.37. The molecule has 9 nitrogen and oxygen atoms in total. The van der Waals surface area contributed by atoms with Gasteiger partial charge in [0.2, 0.25) is 11.8 Å². The number of halogens is 4. The van der Waals surface area contributed by atoms with Crippen molar-refractivity contribution in [2.75, 3.05) is 5.32 Å². The lowest BCUT2D eigenvalue weighted by Gasteiger charge is -2.61. The highest BCUT2D eigenvalue weighted by Crippen LogP contribution is 2.58. The average Bonchev–Trinajstić information content (AvgIpc) is 3.37. The van der Waals surface area contributed by atoms with Crippen LogP contribution in [0, 0.1) is 12.8 Å². The maximum Gasteiger partial charge on any atom is 0.392 e. The number of aryl methyl sites for hydroxylation is 2. The van der Waals surface area contributed by atoms with Gasteiger partial charge in [0.15, 0.2) is 5.82 Å². The molecule has 1 aliphatic carbocycles. The molecule has 33 heavy (non-hydrogen) atoms. The smallest absolute Gasteiger partial charge is 0.392 e. The Morgan fingerprint density at radius 3 is 2.73 bits per heavy atom. The van der Waals surface area contributed by atoms with E-state index in [-0.39, 0.29) is 24.6 Å². The average molecular weight is 482 g/mol. The van der Waals surface area contributed by atoms with Gasteiger partial charge >= 0.3 is 12.2 Å². The summed E-state index contributed by atoms with van der Waals surface area (Å²) in [5, 5.41) is 15.1. The SMILES string of the molecule is Cc1nnc(C23CC(CC(C(F)(F)F)C2)N3C(=O)Nc2ccc(Cl)c(-c3ncn(C)n3)c2)o1. The molecule has 3 heterocycles. The number of nitrogens with one attached hydrogen (secondary N) is 1. The Bertz CT molecular complexity index is 1230. The lowest BCUT2D eigenvalue weighted by atomic mass is 9.63. The maximum atomic E-state index is 13.5. The van der Waals surface area contributed by atoms with Gasteiger partial charge in [0, 0.05) is 37.7 Å². The molecule has 2 aliphatic rings. The monoisotopic (exact) mass is 481 g/mol. The van der Waals surface area contributed by atoms with Crippen molar-refractivity contribution in [1.82, 2.24) is 29.9 Å². The zero-order valence-corrected chi connectivity index (χ0v) is 18.4. The fourth-order valence-electron chi connectivity index (χ4n) is 4.80. The van der Waals surface area contributed by atoms with Crippen LogP contribution in [0.4, 0.5) is 23.7 Å². The number of amides is 2. The second-order valence-corrected chi connectivity index (χ2v) is 8.84. The van der Waals surface area contributed by atoms with Crippen LogP contribution in [0.2, 0.25) is 5.02 Å². The number of hydrogen-bond donors (Lipinski definition) is 1. The lowest BCUT2D eigenvalue weighted by molar-refractivity contribution is -0.229. The Labute approximate surface area is 190 Å². The summed E-state index contributed by atoms with van der Waals surface area (Å²) in [6.45, 7) is 1.55. The molecule has 13 heteroatoms.